The number of anilines is 1. The van der Waals surface area contributed by atoms with Gasteiger partial charge in [0.15, 0.2) is 0 Å². The third-order valence-corrected chi connectivity index (χ3v) is 6.10. The molecular weight excluding hydrogens is 334 g/mol. The summed E-state index contributed by atoms with van der Waals surface area (Å²) < 4.78 is 0. The van der Waals surface area contributed by atoms with Gasteiger partial charge in [0.05, 0.1) is 21.2 Å². The number of nitrogens with one attached hydrogen (secondary N) is 1. The number of nitro groups is 1. The van der Waals surface area contributed by atoms with Crippen molar-refractivity contribution in [2.75, 3.05) is 29.5 Å². The predicted octanol–water partition coefficient (Wildman–Crippen LogP) is 2.41. The smallest absolute Gasteiger partial charge is 0.271 e. The number of rotatable bonds is 4. The van der Waals surface area contributed by atoms with E-state index in [0.717, 1.165) is 29.4 Å². The van der Waals surface area contributed by atoms with Gasteiger partial charge in [0.1, 0.15) is 0 Å². The monoisotopic (exact) mass is 347 g/mol. The van der Waals surface area contributed by atoms with Crippen molar-refractivity contribution >= 4 is 52.4 Å². The number of non-ortho nitro benzene ring substituents is 1. The number of nitrogens with two attached hydrogens (primary N) is 1. The number of nitro benzene ring substituents is 1. The van der Waals surface area contributed by atoms with E-state index >= 15 is 0 Å². The predicted molar refractivity (Wildman–Crippen MR) is 88.4 cm³/mol. The first-order valence-corrected chi connectivity index (χ1v) is 8.78. The van der Waals surface area contributed by atoms with Crippen LogP contribution in [0.1, 0.15) is 10.4 Å². The number of amides is 1. The molecule has 0 bridgehead atoms. The molecule has 3 N–H and O–H groups in total. The normalized spacial score (nSPS) is 18.2. The minimum atomic E-state index is -0.601. The van der Waals surface area contributed by atoms with Gasteiger partial charge in [-0.25, -0.2) is 0 Å². The second-order valence-corrected chi connectivity index (χ2v) is 7.39. The summed E-state index contributed by atoms with van der Waals surface area (Å²) >= 11 is 9.51. The largest absolute Gasteiger partial charge is 0.397 e. The molecule has 6 nitrogen and oxygen atoms in total. The van der Waals surface area contributed by atoms with Crippen molar-refractivity contribution in [2.24, 2.45) is 0 Å². The number of halogens is 1. The average molecular weight is 348 g/mol. The van der Waals surface area contributed by atoms with Crippen LogP contribution in [0.3, 0.4) is 0 Å². The van der Waals surface area contributed by atoms with E-state index in [4.69, 9.17) is 17.3 Å². The van der Waals surface area contributed by atoms with E-state index in [0.29, 0.717) is 11.8 Å². The molecule has 1 saturated heterocycles. The molecule has 2 rings (SSSR count). The minimum absolute atomic E-state index is 0.0111. The molecule has 1 amide bonds. The van der Waals surface area contributed by atoms with Crippen LogP contribution in [0, 0.1) is 10.1 Å². The van der Waals surface area contributed by atoms with Crippen molar-refractivity contribution in [3.8, 4) is 0 Å². The first-order valence-electron chi connectivity index (χ1n) is 6.20. The molecule has 114 valence electrons. The van der Waals surface area contributed by atoms with Crippen LogP contribution in [0.15, 0.2) is 12.1 Å². The molecule has 1 aliphatic rings. The Hall–Kier alpha value is -1.12. The van der Waals surface area contributed by atoms with Crippen molar-refractivity contribution < 1.29 is 9.72 Å². The van der Waals surface area contributed by atoms with Gasteiger partial charge in [-0.15, -0.1) is 0 Å². The molecule has 0 aromatic heterocycles. The highest BCUT2D eigenvalue weighted by molar-refractivity contribution is 8.06. The molecule has 0 saturated carbocycles. The summed E-state index contributed by atoms with van der Waals surface area (Å²) in [6.45, 7) is 0.510. The summed E-state index contributed by atoms with van der Waals surface area (Å²) in [7, 11) is 0. The van der Waals surface area contributed by atoms with Crippen molar-refractivity contribution in [3.63, 3.8) is 0 Å². The molecule has 0 radical (unpaired) electrons. The van der Waals surface area contributed by atoms with Gasteiger partial charge in [-0.3, -0.25) is 14.9 Å². The van der Waals surface area contributed by atoms with Crippen molar-refractivity contribution in [3.05, 3.63) is 32.8 Å². The fraction of sp³-hybridized carbons (Fsp3) is 0.417. The summed E-state index contributed by atoms with van der Waals surface area (Å²) in [5.74, 6) is 2.74. The molecule has 1 heterocycles. The van der Waals surface area contributed by atoms with Gasteiger partial charge in [0.25, 0.3) is 11.6 Å². The number of hydrogen-bond acceptors (Lipinski definition) is 6. The number of nitrogens with zero attached hydrogens (tertiary/aromatic N) is 1. The Morgan fingerprint density at radius 3 is 2.90 bits per heavy atom. The van der Waals surface area contributed by atoms with Crippen molar-refractivity contribution in [2.45, 2.75) is 5.25 Å². The lowest BCUT2D eigenvalue weighted by atomic mass is 10.1. The number of nitrogen functional groups attached to an aromatic ring is 1. The van der Waals surface area contributed by atoms with Gasteiger partial charge < -0.3 is 11.1 Å². The van der Waals surface area contributed by atoms with Gasteiger partial charge in [0.2, 0.25) is 0 Å². The fourth-order valence-electron chi connectivity index (χ4n) is 1.85. The first-order chi connectivity index (χ1) is 9.99. The second kappa shape index (κ2) is 7.24. The standard InChI is InChI=1S/C12H14ClN3O3S2/c13-10-4-7(16(18)19)3-9(11(10)14)12(17)15-5-8-6-20-1-2-21-8/h3-4,8H,1-2,5-6,14H2,(H,15,17). The van der Waals surface area contributed by atoms with Crippen molar-refractivity contribution in [1.29, 1.82) is 0 Å². The fourth-order valence-corrected chi connectivity index (χ4v) is 4.68. The van der Waals surface area contributed by atoms with Crippen LogP contribution in [0.5, 0.6) is 0 Å². The van der Waals surface area contributed by atoms with Gasteiger partial charge in [-0.05, 0) is 0 Å². The van der Waals surface area contributed by atoms with E-state index in [-0.39, 0.29) is 22.0 Å². The van der Waals surface area contributed by atoms with Gasteiger partial charge in [0, 0.05) is 41.2 Å². The van der Waals surface area contributed by atoms with Crippen LogP contribution < -0.4 is 11.1 Å². The van der Waals surface area contributed by atoms with E-state index in [1.807, 2.05) is 23.5 Å². The lowest BCUT2D eigenvalue weighted by Crippen LogP contribution is -2.33. The second-order valence-electron chi connectivity index (χ2n) is 4.42. The molecule has 0 aliphatic carbocycles. The zero-order chi connectivity index (χ0) is 15.4. The molecule has 1 unspecified atom stereocenters. The van der Waals surface area contributed by atoms with Crippen LogP contribution in [-0.4, -0.2) is 39.9 Å². The number of carbonyl (C=O) groups is 1. The Kier molecular flexibility index (Phi) is 5.60. The number of carbonyl (C=O) groups excluding carboxylic acids is 1. The molecule has 1 aliphatic heterocycles. The van der Waals surface area contributed by atoms with Crippen LogP contribution in [-0.2, 0) is 0 Å². The lowest BCUT2D eigenvalue weighted by Gasteiger charge is -2.21. The van der Waals surface area contributed by atoms with E-state index in [1.165, 1.54) is 0 Å². The highest BCUT2D eigenvalue weighted by atomic mass is 35.5. The Bertz CT molecular complexity index is 565. The first kappa shape index (κ1) is 16.3. The highest BCUT2D eigenvalue weighted by Gasteiger charge is 2.20. The summed E-state index contributed by atoms with van der Waals surface area (Å²) in [5.41, 5.74) is 5.59. The maximum absolute atomic E-state index is 12.1. The topological polar surface area (TPSA) is 98.3 Å². The molecule has 1 aromatic carbocycles. The summed E-state index contributed by atoms with van der Waals surface area (Å²) in [6.07, 6.45) is 0. The van der Waals surface area contributed by atoms with E-state index < -0.39 is 10.8 Å². The quantitative estimate of drug-likeness (QED) is 0.493. The van der Waals surface area contributed by atoms with Gasteiger partial charge in [-0.2, -0.15) is 23.5 Å². The Morgan fingerprint density at radius 2 is 2.29 bits per heavy atom. The summed E-state index contributed by atoms with van der Waals surface area (Å²) in [4.78, 5) is 22.4. The molecule has 0 spiro atoms. The van der Waals surface area contributed by atoms with E-state index in [9.17, 15) is 14.9 Å². The van der Waals surface area contributed by atoms with Crippen LogP contribution in [0.25, 0.3) is 0 Å². The highest BCUT2D eigenvalue weighted by Crippen LogP contribution is 2.29. The minimum Gasteiger partial charge on any atom is -0.397 e. The van der Waals surface area contributed by atoms with E-state index in [1.54, 1.807) is 0 Å². The Labute approximate surface area is 135 Å². The zero-order valence-corrected chi connectivity index (χ0v) is 13.4. The third kappa shape index (κ3) is 4.18. The molecule has 1 fully saturated rings. The maximum atomic E-state index is 12.1. The van der Waals surface area contributed by atoms with Crippen LogP contribution >= 0.6 is 35.1 Å². The molecule has 1 aromatic rings. The summed E-state index contributed by atoms with van der Waals surface area (Å²) in [6, 6.07) is 2.29. The number of benzene rings is 1. The Morgan fingerprint density at radius 1 is 1.52 bits per heavy atom. The summed E-state index contributed by atoms with van der Waals surface area (Å²) in [5, 5.41) is 13.9. The van der Waals surface area contributed by atoms with E-state index in [2.05, 4.69) is 5.32 Å². The maximum Gasteiger partial charge on any atom is 0.271 e. The lowest BCUT2D eigenvalue weighted by molar-refractivity contribution is -0.384. The van der Waals surface area contributed by atoms with Gasteiger partial charge in [-0.1, -0.05) is 11.6 Å². The average Bonchev–Trinajstić information content (AvgIpc) is 2.48. The van der Waals surface area contributed by atoms with Crippen molar-refractivity contribution in [1.82, 2.24) is 5.32 Å². The molecule has 1 atom stereocenters. The Balaban J connectivity index is 2.09. The number of thioether (sulfide) groups is 2. The molecule has 9 heteroatoms. The third-order valence-electron chi connectivity index (χ3n) is 2.95. The molecule has 21 heavy (non-hydrogen) atoms. The zero-order valence-electron chi connectivity index (χ0n) is 11.0. The van der Waals surface area contributed by atoms with Crippen LogP contribution in [0.4, 0.5) is 11.4 Å². The molecular formula is C12H14ClN3O3S2. The van der Waals surface area contributed by atoms with Gasteiger partial charge >= 0.3 is 0 Å². The SMILES string of the molecule is Nc1c(Cl)cc([N+](=O)[O-])cc1C(=O)NCC1CSCCS1. The van der Waals surface area contributed by atoms with Crippen LogP contribution in [0.2, 0.25) is 5.02 Å². The number of hydrogen-bond donors (Lipinski definition) is 2.